The summed E-state index contributed by atoms with van der Waals surface area (Å²) in [6.07, 6.45) is 1.78. The number of methoxy groups -OCH3 is 1. The Morgan fingerprint density at radius 3 is 2.57 bits per heavy atom. The Hall–Kier alpha value is -3.09. The Bertz CT molecular complexity index is 1190. The monoisotopic (exact) mass is 483 g/mol. The lowest BCUT2D eigenvalue weighted by Crippen LogP contribution is -2.03. The Labute approximate surface area is 186 Å². The van der Waals surface area contributed by atoms with E-state index in [0.717, 1.165) is 15.6 Å². The fourth-order valence-electron chi connectivity index (χ4n) is 3.09. The molecule has 0 atom stereocenters. The first kappa shape index (κ1) is 20.2. The molecule has 1 aliphatic heterocycles. The zero-order valence-corrected chi connectivity index (χ0v) is 18.1. The van der Waals surface area contributed by atoms with Crippen molar-refractivity contribution in [1.82, 2.24) is 0 Å². The number of carbonyl (C=O) groups excluding carboxylic acids is 2. The molecule has 150 valence electrons. The van der Waals surface area contributed by atoms with Crippen LogP contribution >= 0.6 is 27.5 Å². The number of rotatable bonds is 4. The normalized spacial score (nSPS) is 13.7. The highest BCUT2D eigenvalue weighted by Crippen LogP contribution is 2.37. The number of benzene rings is 3. The van der Waals surface area contributed by atoms with Gasteiger partial charge in [0.25, 0.3) is 5.91 Å². The number of amides is 1. The first-order chi connectivity index (χ1) is 14.4. The van der Waals surface area contributed by atoms with Gasteiger partial charge < -0.3 is 14.8 Å². The third kappa shape index (κ3) is 4.10. The molecule has 0 fully saturated rings. The third-order valence-corrected chi connectivity index (χ3v) is 5.27. The van der Waals surface area contributed by atoms with Crippen LogP contribution in [0.25, 0.3) is 11.6 Å². The van der Waals surface area contributed by atoms with Gasteiger partial charge in [0.05, 0.1) is 18.4 Å². The van der Waals surface area contributed by atoms with E-state index in [0.29, 0.717) is 33.3 Å². The molecule has 7 heteroatoms. The second kappa shape index (κ2) is 8.34. The average Bonchev–Trinajstić information content (AvgIpc) is 3.04. The molecule has 1 heterocycles. The lowest BCUT2D eigenvalue weighted by Gasteiger charge is -2.11. The van der Waals surface area contributed by atoms with Crippen molar-refractivity contribution in [1.29, 1.82) is 0 Å². The second-order valence-electron chi connectivity index (χ2n) is 6.50. The van der Waals surface area contributed by atoms with Gasteiger partial charge in [0.15, 0.2) is 0 Å². The zero-order valence-electron chi connectivity index (χ0n) is 15.7. The SMILES string of the molecule is COC(=O)c1ccc(Oc2ccc(Br)cc2/C=C2/C(=O)Nc3cc(Cl)ccc32)cc1. The second-order valence-corrected chi connectivity index (χ2v) is 7.85. The largest absolute Gasteiger partial charge is 0.465 e. The first-order valence-corrected chi connectivity index (χ1v) is 10.1. The van der Waals surface area contributed by atoms with E-state index in [-0.39, 0.29) is 5.91 Å². The molecule has 0 saturated carbocycles. The predicted molar refractivity (Wildman–Crippen MR) is 120 cm³/mol. The Balaban J connectivity index is 1.69. The smallest absolute Gasteiger partial charge is 0.337 e. The van der Waals surface area contributed by atoms with Crippen LogP contribution in [-0.4, -0.2) is 19.0 Å². The maximum absolute atomic E-state index is 12.5. The van der Waals surface area contributed by atoms with Crippen molar-refractivity contribution in [2.75, 3.05) is 12.4 Å². The summed E-state index contributed by atoms with van der Waals surface area (Å²) in [4.78, 5) is 24.1. The average molecular weight is 485 g/mol. The van der Waals surface area contributed by atoms with E-state index in [9.17, 15) is 9.59 Å². The van der Waals surface area contributed by atoms with Gasteiger partial charge in [-0.05, 0) is 60.7 Å². The maximum Gasteiger partial charge on any atom is 0.337 e. The highest BCUT2D eigenvalue weighted by atomic mass is 79.9. The summed E-state index contributed by atoms with van der Waals surface area (Å²) in [5, 5.41) is 3.38. The Morgan fingerprint density at radius 2 is 1.83 bits per heavy atom. The number of halogens is 2. The van der Waals surface area contributed by atoms with Crippen molar-refractivity contribution in [2.24, 2.45) is 0 Å². The van der Waals surface area contributed by atoms with Crippen LogP contribution in [0.2, 0.25) is 5.02 Å². The topological polar surface area (TPSA) is 64.6 Å². The van der Waals surface area contributed by atoms with Crippen LogP contribution in [0, 0.1) is 0 Å². The van der Waals surface area contributed by atoms with E-state index in [1.807, 2.05) is 18.2 Å². The van der Waals surface area contributed by atoms with E-state index in [4.69, 9.17) is 21.1 Å². The van der Waals surface area contributed by atoms with Gasteiger partial charge in [-0.2, -0.15) is 0 Å². The minimum atomic E-state index is -0.415. The van der Waals surface area contributed by atoms with E-state index in [2.05, 4.69) is 21.2 Å². The molecule has 0 saturated heterocycles. The molecular formula is C23H15BrClNO4. The zero-order chi connectivity index (χ0) is 21.3. The van der Waals surface area contributed by atoms with E-state index in [1.165, 1.54) is 7.11 Å². The van der Waals surface area contributed by atoms with Crippen molar-refractivity contribution in [3.8, 4) is 11.5 Å². The molecule has 0 radical (unpaired) electrons. The molecule has 5 nitrogen and oxygen atoms in total. The molecule has 0 aliphatic carbocycles. The number of anilines is 1. The fourth-order valence-corrected chi connectivity index (χ4v) is 3.65. The number of hydrogen-bond acceptors (Lipinski definition) is 4. The van der Waals surface area contributed by atoms with Crippen LogP contribution in [0.4, 0.5) is 5.69 Å². The molecular weight excluding hydrogens is 470 g/mol. The summed E-state index contributed by atoms with van der Waals surface area (Å²) in [7, 11) is 1.33. The molecule has 3 aromatic rings. The van der Waals surface area contributed by atoms with E-state index >= 15 is 0 Å². The van der Waals surface area contributed by atoms with Gasteiger partial charge in [0.1, 0.15) is 11.5 Å². The molecule has 0 spiro atoms. The van der Waals surface area contributed by atoms with Gasteiger partial charge in [-0.25, -0.2) is 4.79 Å². The Morgan fingerprint density at radius 1 is 1.07 bits per heavy atom. The van der Waals surface area contributed by atoms with Crippen LogP contribution in [0.1, 0.15) is 21.5 Å². The van der Waals surface area contributed by atoms with Crippen molar-refractivity contribution in [2.45, 2.75) is 0 Å². The highest BCUT2D eigenvalue weighted by molar-refractivity contribution is 9.10. The molecule has 3 aromatic carbocycles. The number of carbonyl (C=O) groups is 2. The number of esters is 1. The van der Waals surface area contributed by atoms with Crippen molar-refractivity contribution in [3.05, 3.63) is 86.8 Å². The van der Waals surface area contributed by atoms with Crippen LogP contribution < -0.4 is 10.1 Å². The van der Waals surface area contributed by atoms with Gasteiger partial charge in [0.2, 0.25) is 0 Å². The van der Waals surface area contributed by atoms with Crippen LogP contribution in [0.3, 0.4) is 0 Å². The van der Waals surface area contributed by atoms with Crippen LogP contribution in [-0.2, 0) is 9.53 Å². The summed E-state index contributed by atoms with van der Waals surface area (Å²) >= 11 is 9.50. The predicted octanol–water partition coefficient (Wildman–Crippen LogP) is 6.17. The van der Waals surface area contributed by atoms with E-state index < -0.39 is 5.97 Å². The summed E-state index contributed by atoms with van der Waals surface area (Å²) in [5.41, 5.74) is 3.12. The molecule has 1 aliphatic rings. The summed E-state index contributed by atoms with van der Waals surface area (Å²) in [5.74, 6) is 0.488. The minimum absolute atomic E-state index is 0.208. The lowest BCUT2D eigenvalue weighted by molar-refractivity contribution is -0.110. The standard InChI is InChI=1S/C23H15BrClNO4/c1-29-23(28)13-2-6-17(7-3-13)30-21-9-4-15(24)10-14(21)11-19-18-8-5-16(25)12-20(18)26-22(19)27/h2-12H,1H3,(H,26,27)/b19-11+. The molecule has 1 amide bonds. The number of ether oxygens (including phenoxy) is 2. The quantitative estimate of drug-likeness (QED) is 0.355. The first-order valence-electron chi connectivity index (χ1n) is 8.93. The third-order valence-electron chi connectivity index (χ3n) is 4.54. The van der Waals surface area contributed by atoms with Gasteiger partial charge >= 0.3 is 5.97 Å². The summed E-state index contributed by atoms with van der Waals surface area (Å²) in [6, 6.07) is 17.4. The fraction of sp³-hybridized carbons (Fsp3) is 0.0435. The molecule has 0 unspecified atom stereocenters. The van der Waals surface area contributed by atoms with Crippen molar-refractivity contribution < 1.29 is 19.1 Å². The van der Waals surface area contributed by atoms with Gasteiger partial charge in [-0.3, -0.25) is 4.79 Å². The Kier molecular flexibility index (Phi) is 5.61. The van der Waals surface area contributed by atoms with Crippen LogP contribution in [0.5, 0.6) is 11.5 Å². The molecule has 4 rings (SSSR count). The molecule has 1 N–H and O–H groups in total. The minimum Gasteiger partial charge on any atom is -0.465 e. The maximum atomic E-state index is 12.5. The van der Waals surface area contributed by atoms with E-state index in [1.54, 1.807) is 48.5 Å². The van der Waals surface area contributed by atoms with Gasteiger partial charge in [-0.15, -0.1) is 0 Å². The molecule has 0 aromatic heterocycles. The summed E-state index contributed by atoms with van der Waals surface area (Å²) in [6.45, 7) is 0. The molecule has 0 bridgehead atoms. The number of fused-ring (bicyclic) bond motifs is 1. The lowest BCUT2D eigenvalue weighted by atomic mass is 10.0. The van der Waals surface area contributed by atoms with Crippen molar-refractivity contribution in [3.63, 3.8) is 0 Å². The van der Waals surface area contributed by atoms with Crippen molar-refractivity contribution >= 4 is 56.7 Å². The molecule has 30 heavy (non-hydrogen) atoms. The highest BCUT2D eigenvalue weighted by Gasteiger charge is 2.24. The summed E-state index contributed by atoms with van der Waals surface area (Å²) < 4.78 is 11.6. The van der Waals surface area contributed by atoms with Gasteiger partial charge in [-0.1, -0.05) is 33.6 Å². The number of hydrogen-bond donors (Lipinski definition) is 1. The number of nitrogens with one attached hydrogen (secondary N) is 1. The van der Waals surface area contributed by atoms with Crippen LogP contribution in [0.15, 0.2) is 65.1 Å². The van der Waals surface area contributed by atoms with Gasteiger partial charge in [0, 0.05) is 26.2 Å².